The number of hydrogen-bond donors (Lipinski definition) is 2. The van der Waals surface area contributed by atoms with Gasteiger partial charge in [0.25, 0.3) is 5.91 Å². The Balaban J connectivity index is 1.73. The molecule has 136 valence electrons. The number of amides is 1. The summed E-state index contributed by atoms with van der Waals surface area (Å²) in [4.78, 5) is 26.1. The van der Waals surface area contributed by atoms with Gasteiger partial charge in [0.15, 0.2) is 0 Å². The van der Waals surface area contributed by atoms with E-state index < -0.39 is 17.9 Å². The van der Waals surface area contributed by atoms with Gasteiger partial charge in [0.2, 0.25) is 0 Å². The van der Waals surface area contributed by atoms with Crippen molar-refractivity contribution in [3.05, 3.63) is 65.5 Å². The lowest BCUT2D eigenvalue weighted by Gasteiger charge is -2.34. The summed E-state index contributed by atoms with van der Waals surface area (Å²) in [6.45, 7) is 0.153. The molecule has 0 aliphatic carbocycles. The van der Waals surface area contributed by atoms with Crippen LogP contribution in [0.3, 0.4) is 0 Å². The number of phenolic OH excluding ortho intramolecular Hbond substituents is 1. The topological polar surface area (TPSA) is 121 Å². The van der Waals surface area contributed by atoms with Crippen molar-refractivity contribution in [2.24, 2.45) is 0 Å². The van der Waals surface area contributed by atoms with Gasteiger partial charge in [-0.3, -0.25) is 4.79 Å². The van der Waals surface area contributed by atoms with Crippen LogP contribution in [0.4, 0.5) is 0 Å². The number of nitrogens with zero attached hydrogens (tertiary/aromatic N) is 5. The fourth-order valence-electron chi connectivity index (χ4n) is 3.23. The summed E-state index contributed by atoms with van der Waals surface area (Å²) < 4.78 is 1.34. The highest BCUT2D eigenvalue weighted by Crippen LogP contribution is 2.28. The maximum absolute atomic E-state index is 13.1. The number of fused-ring (bicyclic) bond motifs is 1. The highest BCUT2D eigenvalue weighted by molar-refractivity contribution is 5.99. The molecule has 0 bridgehead atoms. The van der Waals surface area contributed by atoms with Gasteiger partial charge in [-0.15, -0.1) is 5.10 Å². The molecule has 1 aliphatic heterocycles. The molecule has 2 heterocycles. The van der Waals surface area contributed by atoms with E-state index >= 15 is 0 Å². The van der Waals surface area contributed by atoms with Crippen LogP contribution in [0.15, 0.2) is 48.8 Å². The Morgan fingerprint density at radius 3 is 2.59 bits per heavy atom. The van der Waals surface area contributed by atoms with E-state index in [9.17, 15) is 19.8 Å². The van der Waals surface area contributed by atoms with Crippen molar-refractivity contribution >= 4 is 11.9 Å². The number of aliphatic carboxylic acids is 1. The third kappa shape index (κ3) is 2.99. The summed E-state index contributed by atoms with van der Waals surface area (Å²) in [6.07, 6.45) is 1.57. The maximum atomic E-state index is 13.1. The van der Waals surface area contributed by atoms with Gasteiger partial charge in [-0.25, -0.2) is 9.48 Å². The summed E-state index contributed by atoms with van der Waals surface area (Å²) in [5.74, 6) is -1.89. The van der Waals surface area contributed by atoms with Crippen LogP contribution < -0.4 is 0 Å². The zero-order valence-corrected chi connectivity index (χ0v) is 14.1. The molecule has 9 nitrogen and oxygen atoms in total. The second-order valence-corrected chi connectivity index (χ2v) is 6.22. The minimum atomic E-state index is -1.09. The van der Waals surface area contributed by atoms with Crippen LogP contribution in [0.2, 0.25) is 0 Å². The van der Waals surface area contributed by atoms with Gasteiger partial charge in [-0.1, -0.05) is 24.3 Å². The van der Waals surface area contributed by atoms with E-state index in [2.05, 4.69) is 15.5 Å². The Kier molecular flexibility index (Phi) is 4.03. The van der Waals surface area contributed by atoms with Crippen molar-refractivity contribution in [3.63, 3.8) is 0 Å². The molecule has 0 spiro atoms. The average molecular weight is 365 g/mol. The zero-order chi connectivity index (χ0) is 19.0. The lowest BCUT2D eigenvalue weighted by Crippen LogP contribution is -2.48. The molecule has 0 radical (unpaired) electrons. The van der Waals surface area contributed by atoms with E-state index in [1.165, 1.54) is 28.0 Å². The molecule has 27 heavy (non-hydrogen) atoms. The van der Waals surface area contributed by atoms with Gasteiger partial charge in [-0.2, -0.15) is 0 Å². The zero-order valence-electron chi connectivity index (χ0n) is 14.1. The van der Waals surface area contributed by atoms with E-state index in [-0.39, 0.29) is 24.3 Å². The summed E-state index contributed by atoms with van der Waals surface area (Å²) in [5, 5.41) is 30.7. The molecule has 9 heteroatoms. The van der Waals surface area contributed by atoms with Gasteiger partial charge >= 0.3 is 5.97 Å². The van der Waals surface area contributed by atoms with Crippen LogP contribution in [-0.4, -0.2) is 53.2 Å². The average Bonchev–Trinajstić information content (AvgIpc) is 3.21. The second-order valence-electron chi connectivity index (χ2n) is 6.22. The predicted octanol–water partition coefficient (Wildman–Crippen LogP) is 1.02. The molecule has 4 rings (SSSR count). The number of carboxylic acids is 1. The molecule has 1 unspecified atom stereocenters. The van der Waals surface area contributed by atoms with Crippen molar-refractivity contribution in [2.45, 2.75) is 19.0 Å². The third-order valence-electron chi connectivity index (χ3n) is 4.62. The van der Waals surface area contributed by atoms with Crippen LogP contribution in [-0.2, 0) is 17.8 Å². The number of phenols is 1. The van der Waals surface area contributed by atoms with Gasteiger partial charge in [0, 0.05) is 13.0 Å². The number of carbonyl (C=O) groups excluding carboxylic acids is 1. The van der Waals surface area contributed by atoms with E-state index in [1.54, 1.807) is 6.07 Å². The molecule has 1 amide bonds. The minimum Gasteiger partial charge on any atom is -0.507 e. The number of tetrazole rings is 1. The van der Waals surface area contributed by atoms with Crippen molar-refractivity contribution in [3.8, 4) is 11.4 Å². The first-order chi connectivity index (χ1) is 13.0. The lowest BCUT2D eigenvalue weighted by atomic mass is 9.93. The second kappa shape index (κ2) is 6.52. The Labute approximate surface area is 153 Å². The summed E-state index contributed by atoms with van der Waals surface area (Å²) in [6, 6.07) is 10.8. The van der Waals surface area contributed by atoms with Crippen LogP contribution in [0.5, 0.6) is 5.75 Å². The SMILES string of the molecule is O=C(O)C1Cc2ccccc2CN1C(=O)c1cc(-n2cnnn2)ccc1O. The third-order valence-corrected chi connectivity index (χ3v) is 4.62. The number of aromatic nitrogens is 4. The Bertz CT molecular complexity index is 1020. The summed E-state index contributed by atoms with van der Waals surface area (Å²) >= 11 is 0. The fourth-order valence-corrected chi connectivity index (χ4v) is 3.23. The molecule has 0 fully saturated rings. The molecule has 1 aliphatic rings. The summed E-state index contributed by atoms with van der Waals surface area (Å²) in [5.41, 5.74) is 2.26. The quantitative estimate of drug-likeness (QED) is 0.710. The number of hydrogen-bond acceptors (Lipinski definition) is 6. The maximum Gasteiger partial charge on any atom is 0.326 e. The van der Waals surface area contributed by atoms with Crippen LogP contribution in [0.1, 0.15) is 21.5 Å². The normalized spacial score (nSPS) is 16.0. The lowest BCUT2D eigenvalue weighted by molar-refractivity contribution is -0.142. The first kappa shape index (κ1) is 16.7. The Hall–Kier alpha value is -3.75. The Morgan fingerprint density at radius 2 is 1.89 bits per heavy atom. The molecule has 1 aromatic heterocycles. The monoisotopic (exact) mass is 365 g/mol. The van der Waals surface area contributed by atoms with Crippen LogP contribution in [0, 0.1) is 0 Å². The van der Waals surface area contributed by atoms with E-state index in [0.29, 0.717) is 5.69 Å². The number of rotatable bonds is 3. The molecule has 0 saturated carbocycles. The standard InChI is InChI=1S/C18H15N5O4/c24-16-6-5-13(23-10-19-20-21-23)8-14(16)17(25)22-9-12-4-2-1-3-11(12)7-15(22)18(26)27/h1-6,8,10,15,24H,7,9H2,(H,26,27). The van der Waals surface area contributed by atoms with Gasteiger partial charge in [0.1, 0.15) is 18.1 Å². The highest BCUT2D eigenvalue weighted by Gasteiger charge is 2.35. The smallest absolute Gasteiger partial charge is 0.326 e. The molecule has 3 aromatic rings. The van der Waals surface area contributed by atoms with E-state index in [1.807, 2.05) is 24.3 Å². The molecule has 2 aromatic carbocycles. The van der Waals surface area contributed by atoms with Gasteiger partial charge in [0.05, 0.1) is 11.3 Å². The molecular weight excluding hydrogens is 350 g/mol. The first-order valence-corrected chi connectivity index (χ1v) is 8.21. The predicted molar refractivity (Wildman–Crippen MR) is 92.3 cm³/mol. The molecule has 2 N–H and O–H groups in total. The molecule has 1 atom stereocenters. The Morgan fingerprint density at radius 1 is 1.11 bits per heavy atom. The van der Waals surface area contributed by atoms with E-state index in [4.69, 9.17) is 0 Å². The summed E-state index contributed by atoms with van der Waals surface area (Å²) in [7, 11) is 0. The van der Waals surface area contributed by atoms with Crippen LogP contribution >= 0.6 is 0 Å². The number of carbonyl (C=O) groups is 2. The van der Waals surface area contributed by atoms with Crippen molar-refractivity contribution in [1.82, 2.24) is 25.1 Å². The molecule has 0 saturated heterocycles. The van der Waals surface area contributed by atoms with Crippen LogP contribution in [0.25, 0.3) is 5.69 Å². The largest absolute Gasteiger partial charge is 0.507 e. The van der Waals surface area contributed by atoms with E-state index in [0.717, 1.165) is 11.1 Å². The van der Waals surface area contributed by atoms with Gasteiger partial charge in [-0.05, 0) is 39.8 Å². The highest BCUT2D eigenvalue weighted by atomic mass is 16.4. The number of carboxylic acid groups (broad SMARTS) is 1. The first-order valence-electron chi connectivity index (χ1n) is 8.21. The van der Waals surface area contributed by atoms with Crippen molar-refractivity contribution < 1.29 is 19.8 Å². The minimum absolute atomic E-state index is 0.00590. The molecular formula is C18H15N5O4. The fraction of sp³-hybridized carbons (Fsp3) is 0.167. The van der Waals surface area contributed by atoms with Crippen molar-refractivity contribution in [1.29, 1.82) is 0 Å². The number of aromatic hydroxyl groups is 1. The van der Waals surface area contributed by atoms with Gasteiger partial charge < -0.3 is 15.1 Å². The number of benzene rings is 2. The van der Waals surface area contributed by atoms with Crippen molar-refractivity contribution in [2.75, 3.05) is 0 Å².